The van der Waals surface area contributed by atoms with Crippen LogP contribution in [0.3, 0.4) is 0 Å². The van der Waals surface area contributed by atoms with Gasteiger partial charge in [0.1, 0.15) is 0 Å². The van der Waals surface area contributed by atoms with Crippen molar-refractivity contribution >= 4 is 39.0 Å². The Morgan fingerprint density at radius 2 is 1.88 bits per heavy atom. The first-order chi connectivity index (χ1) is 12.1. The van der Waals surface area contributed by atoms with Crippen molar-refractivity contribution in [2.45, 2.75) is 26.2 Å². The molecule has 1 N–H and O–H groups in total. The molecule has 0 fully saturated rings. The SMILES string of the molecule is CCN1CCc2ccc(NC(=O)CCC(=O)c3ccc(Br)cc3)cc21. The number of benzene rings is 2. The van der Waals surface area contributed by atoms with E-state index in [1.54, 1.807) is 12.1 Å². The molecule has 2 aromatic carbocycles. The van der Waals surface area contributed by atoms with E-state index in [9.17, 15) is 9.59 Å². The average Bonchev–Trinajstić information content (AvgIpc) is 3.02. The first kappa shape index (κ1) is 17.7. The van der Waals surface area contributed by atoms with E-state index >= 15 is 0 Å². The summed E-state index contributed by atoms with van der Waals surface area (Å²) in [5.74, 6) is -0.153. The number of nitrogens with zero attached hydrogens (tertiary/aromatic N) is 1. The Hall–Kier alpha value is -2.14. The van der Waals surface area contributed by atoms with Crippen LogP contribution in [0.1, 0.15) is 35.7 Å². The van der Waals surface area contributed by atoms with Gasteiger partial charge in [0.05, 0.1) is 0 Å². The third-order valence-corrected chi connectivity index (χ3v) is 5.02. The van der Waals surface area contributed by atoms with Gasteiger partial charge in [-0.3, -0.25) is 9.59 Å². The van der Waals surface area contributed by atoms with Gasteiger partial charge in [0.25, 0.3) is 0 Å². The van der Waals surface area contributed by atoms with E-state index in [0.717, 1.165) is 29.7 Å². The Morgan fingerprint density at radius 3 is 2.60 bits per heavy atom. The molecule has 1 heterocycles. The van der Waals surface area contributed by atoms with Crippen LogP contribution in [-0.2, 0) is 11.2 Å². The van der Waals surface area contributed by atoms with Gasteiger partial charge in [-0.15, -0.1) is 0 Å². The lowest BCUT2D eigenvalue weighted by molar-refractivity contribution is -0.116. The van der Waals surface area contributed by atoms with Crippen LogP contribution in [-0.4, -0.2) is 24.8 Å². The van der Waals surface area contributed by atoms with Crippen LogP contribution in [0.2, 0.25) is 0 Å². The fourth-order valence-electron chi connectivity index (χ4n) is 3.08. The molecule has 25 heavy (non-hydrogen) atoms. The van der Waals surface area contributed by atoms with E-state index in [4.69, 9.17) is 0 Å². The average molecular weight is 401 g/mol. The van der Waals surface area contributed by atoms with Crippen LogP contribution < -0.4 is 10.2 Å². The Labute approximate surface area is 156 Å². The number of rotatable bonds is 6. The minimum absolute atomic E-state index is 0.0197. The number of carbonyl (C=O) groups excluding carboxylic acids is 2. The highest BCUT2D eigenvalue weighted by molar-refractivity contribution is 9.10. The summed E-state index contributed by atoms with van der Waals surface area (Å²) in [5.41, 5.74) is 3.95. The van der Waals surface area contributed by atoms with Gasteiger partial charge < -0.3 is 10.2 Å². The molecule has 1 amide bonds. The molecule has 0 aliphatic carbocycles. The third-order valence-electron chi connectivity index (χ3n) is 4.49. The Kier molecular flexibility index (Phi) is 5.53. The fourth-order valence-corrected chi connectivity index (χ4v) is 3.35. The van der Waals surface area contributed by atoms with E-state index in [0.29, 0.717) is 5.56 Å². The van der Waals surface area contributed by atoms with Gasteiger partial charge >= 0.3 is 0 Å². The lowest BCUT2D eigenvalue weighted by Gasteiger charge is -2.17. The zero-order chi connectivity index (χ0) is 17.8. The highest BCUT2D eigenvalue weighted by Crippen LogP contribution is 2.30. The minimum Gasteiger partial charge on any atom is -0.371 e. The van der Waals surface area contributed by atoms with Gasteiger partial charge in [0.15, 0.2) is 5.78 Å². The molecule has 1 aliphatic heterocycles. The van der Waals surface area contributed by atoms with Crippen LogP contribution in [0.15, 0.2) is 46.9 Å². The molecule has 2 aromatic rings. The third kappa shape index (κ3) is 4.28. The number of anilines is 2. The monoisotopic (exact) mass is 400 g/mol. The Bertz CT molecular complexity index is 787. The highest BCUT2D eigenvalue weighted by Gasteiger charge is 2.18. The number of carbonyl (C=O) groups is 2. The van der Waals surface area contributed by atoms with Crippen molar-refractivity contribution in [1.82, 2.24) is 0 Å². The number of fused-ring (bicyclic) bond motifs is 1. The fraction of sp³-hybridized carbons (Fsp3) is 0.300. The van der Waals surface area contributed by atoms with Gasteiger partial charge in [-0.05, 0) is 43.2 Å². The van der Waals surface area contributed by atoms with Crippen molar-refractivity contribution in [3.63, 3.8) is 0 Å². The Balaban J connectivity index is 1.56. The van der Waals surface area contributed by atoms with Crippen LogP contribution >= 0.6 is 15.9 Å². The molecule has 5 heteroatoms. The van der Waals surface area contributed by atoms with Crippen molar-refractivity contribution in [2.24, 2.45) is 0 Å². The normalized spacial score (nSPS) is 12.8. The summed E-state index contributed by atoms with van der Waals surface area (Å²) in [6.07, 6.45) is 1.45. The van der Waals surface area contributed by atoms with E-state index in [-0.39, 0.29) is 24.5 Å². The van der Waals surface area contributed by atoms with Crippen molar-refractivity contribution < 1.29 is 9.59 Å². The summed E-state index contributed by atoms with van der Waals surface area (Å²) in [6.45, 7) is 4.13. The molecule has 0 bridgehead atoms. The molecule has 0 saturated heterocycles. The molecular formula is C20H21BrN2O2. The molecular weight excluding hydrogens is 380 g/mol. The Morgan fingerprint density at radius 1 is 1.12 bits per heavy atom. The number of halogens is 1. The smallest absolute Gasteiger partial charge is 0.224 e. The van der Waals surface area contributed by atoms with E-state index in [1.807, 2.05) is 24.3 Å². The maximum atomic E-state index is 12.2. The summed E-state index contributed by atoms with van der Waals surface area (Å²) in [4.78, 5) is 26.6. The quantitative estimate of drug-likeness (QED) is 0.729. The molecule has 0 spiro atoms. The number of amides is 1. The maximum absolute atomic E-state index is 12.2. The van der Waals surface area contributed by atoms with E-state index < -0.39 is 0 Å². The second kappa shape index (κ2) is 7.83. The molecule has 4 nitrogen and oxygen atoms in total. The summed E-state index contributed by atoms with van der Waals surface area (Å²) < 4.78 is 0.930. The number of hydrogen-bond donors (Lipinski definition) is 1. The van der Waals surface area contributed by atoms with Crippen LogP contribution in [0.5, 0.6) is 0 Å². The molecule has 0 radical (unpaired) electrons. The second-order valence-corrected chi connectivity index (χ2v) is 7.07. The van der Waals surface area contributed by atoms with Gasteiger partial charge in [0.2, 0.25) is 5.91 Å². The maximum Gasteiger partial charge on any atom is 0.224 e. The summed E-state index contributed by atoms with van der Waals surface area (Å²) >= 11 is 3.35. The largest absolute Gasteiger partial charge is 0.371 e. The zero-order valence-corrected chi connectivity index (χ0v) is 15.8. The summed E-state index contributed by atoms with van der Waals surface area (Å²) in [6, 6.07) is 13.2. The molecule has 1 aliphatic rings. The van der Waals surface area contributed by atoms with Gasteiger partial charge in [-0.25, -0.2) is 0 Å². The predicted molar refractivity (Wildman–Crippen MR) is 104 cm³/mol. The van der Waals surface area contributed by atoms with Crippen molar-refractivity contribution in [3.05, 3.63) is 58.1 Å². The van der Waals surface area contributed by atoms with Gasteiger partial charge in [-0.1, -0.05) is 34.1 Å². The molecule has 3 rings (SSSR count). The number of nitrogens with one attached hydrogen (secondary N) is 1. The number of ketones is 1. The van der Waals surface area contributed by atoms with Gasteiger partial charge in [-0.2, -0.15) is 0 Å². The molecule has 130 valence electrons. The molecule has 0 unspecified atom stereocenters. The van der Waals surface area contributed by atoms with Crippen LogP contribution in [0, 0.1) is 0 Å². The predicted octanol–water partition coefficient (Wildman–Crippen LogP) is 4.43. The van der Waals surface area contributed by atoms with Gasteiger partial charge in [0, 0.05) is 47.3 Å². The van der Waals surface area contributed by atoms with Crippen molar-refractivity contribution in [1.29, 1.82) is 0 Å². The number of hydrogen-bond acceptors (Lipinski definition) is 3. The standard InChI is InChI=1S/C20H21BrN2O2/c1-2-23-12-11-14-5-8-17(13-18(14)23)22-20(25)10-9-19(24)15-3-6-16(21)7-4-15/h3-8,13H,2,9-12H2,1H3,(H,22,25). The number of likely N-dealkylation sites (N-methyl/N-ethyl adjacent to an activating group) is 1. The minimum atomic E-state index is -0.133. The van der Waals surface area contributed by atoms with Crippen molar-refractivity contribution in [3.8, 4) is 0 Å². The van der Waals surface area contributed by atoms with E-state index in [2.05, 4.69) is 39.1 Å². The summed E-state index contributed by atoms with van der Waals surface area (Å²) in [7, 11) is 0. The van der Waals surface area contributed by atoms with E-state index in [1.165, 1.54) is 11.3 Å². The summed E-state index contributed by atoms with van der Waals surface area (Å²) in [5, 5.41) is 2.91. The van der Waals surface area contributed by atoms with Crippen molar-refractivity contribution in [2.75, 3.05) is 23.3 Å². The van der Waals surface area contributed by atoms with Crippen LogP contribution in [0.4, 0.5) is 11.4 Å². The molecule has 0 aromatic heterocycles. The highest BCUT2D eigenvalue weighted by atomic mass is 79.9. The number of Topliss-reactive ketones (excluding diaryl/α,β-unsaturated/α-hetero) is 1. The topological polar surface area (TPSA) is 49.4 Å². The van der Waals surface area contributed by atoms with Crippen LogP contribution in [0.25, 0.3) is 0 Å². The zero-order valence-electron chi connectivity index (χ0n) is 14.2. The first-order valence-corrected chi connectivity index (χ1v) is 9.32. The molecule has 0 saturated carbocycles. The lowest BCUT2D eigenvalue weighted by atomic mass is 10.1. The lowest BCUT2D eigenvalue weighted by Crippen LogP contribution is -2.19. The second-order valence-electron chi connectivity index (χ2n) is 6.15. The first-order valence-electron chi connectivity index (χ1n) is 8.53. The molecule has 0 atom stereocenters.